The van der Waals surface area contributed by atoms with Crippen molar-refractivity contribution in [1.82, 2.24) is 0 Å². The fourth-order valence-corrected chi connectivity index (χ4v) is 6.62. The van der Waals surface area contributed by atoms with Crippen molar-refractivity contribution < 1.29 is 28.6 Å². The van der Waals surface area contributed by atoms with Crippen LogP contribution in [0.15, 0.2) is 66.7 Å². The molecule has 0 bridgehead atoms. The molecular weight excluding hydrogens is 566 g/mol. The lowest BCUT2D eigenvalue weighted by Gasteiger charge is -2.43. The Hall–Kier alpha value is -2.04. The van der Waals surface area contributed by atoms with Crippen LogP contribution in [0.4, 0.5) is 0 Å². The van der Waals surface area contributed by atoms with Gasteiger partial charge in [0.15, 0.2) is 0 Å². The largest absolute Gasteiger partial charge is 0.427 e. The Morgan fingerprint density at radius 2 is 1.17 bits per heavy atom. The van der Waals surface area contributed by atoms with Gasteiger partial charge in [-0.2, -0.15) is 0 Å². The third-order valence-corrected chi connectivity index (χ3v) is 8.40. The van der Waals surface area contributed by atoms with Crippen molar-refractivity contribution in [2.75, 3.05) is 0 Å². The minimum absolute atomic E-state index is 0.351. The molecular formula is C34H48O6P2. The van der Waals surface area contributed by atoms with E-state index in [9.17, 15) is 19.6 Å². The van der Waals surface area contributed by atoms with Crippen molar-refractivity contribution in [3.63, 3.8) is 0 Å². The van der Waals surface area contributed by atoms with E-state index in [0.717, 1.165) is 41.5 Å². The molecule has 8 heteroatoms. The first kappa shape index (κ1) is 34.5. The fourth-order valence-electron chi connectivity index (χ4n) is 5.94. The van der Waals surface area contributed by atoms with Gasteiger partial charge < -0.3 is 28.6 Å². The first-order chi connectivity index (χ1) is 19.6. The molecule has 0 spiro atoms. The number of benzene rings is 3. The third-order valence-electron chi connectivity index (χ3n) is 7.70. The first-order valence-electron chi connectivity index (χ1n) is 14.6. The molecule has 3 aromatic carbocycles. The predicted octanol–water partition coefficient (Wildman–Crippen LogP) is 9.01. The van der Waals surface area contributed by atoms with Crippen LogP contribution in [0.25, 0.3) is 0 Å². The molecule has 0 amide bonds. The monoisotopic (exact) mass is 614 g/mol. The lowest BCUT2D eigenvalue weighted by Crippen LogP contribution is -2.35. The number of unbranched alkanes of at least 4 members (excludes halogenated alkanes) is 1. The highest BCUT2D eigenvalue weighted by Gasteiger charge is 2.46. The van der Waals surface area contributed by atoms with Crippen LogP contribution in [0.5, 0.6) is 11.5 Å². The van der Waals surface area contributed by atoms with E-state index in [4.69, 9.17) is 9.05 Å². The van der Waals surface area contributed by atoms with E-state index in [-0.39, 0.29) is 0 Å². The Kier molecular flexibility index (Phi) is 11.6. The molecule has 4 N–H and O–H groups in total. The maximum absolute atomic E-state index is 10.4. The van der Waals surface area contributed by atoms with Crippen molar-refractivity contribution >= 4 is 17.2 Å². The van der Waals surface area contributed by atoms with E-state index >= 15 is 0 Å². The molecule has 230 valence electrons. The molecule has 0 aliphatic carbocycles. The zero-order chi connectivity index (χ0) is 31.3. The van der Waals surface area contributed by atoms with Crippen molar-refractivity contribution in [2.24, 2.45) is 5.92 Å². The molecule has 0 aromatic heterocycles. The van der Waals surface area contributed by atoms with Gasteiger partial charge in [0.05, 0.1) is 0 Å². The minimum atomic E-state index is -2.78. The maximum Gasteiger partial charge on any atom is 0.391 e. The summed E-state index contributed by atoms with van der Waals surface area (Å²) in [5, 5.41) is 0. The molecule has 0 unspecified atom stereocenters. The van der Waals surface area contributed by atoms with Gasteiger partial charge in [0.1, 0.15) is 11.5 Å². The van der Waals surface area contributed by atoms with Gasteiger partial charge in [-0.05, 0) is 40.4 Å². The Bertz CT molecular complexity index is 1240. The van der Waals surface area contributed by atoms with E-state index in [1.165, 1.54) is 0 Å². The molecule has 0 fully saturated rings. The summed E-state index contributed by atoms with van der Waals surface area (Å²) >= 11 is 0. The van der Waals surface area contributed by atoms with Crippen molar-refractivity contribution in [3.05, 3.63) is 94.5 Å². The van der Waals surface area contributed by atoms with Crippen LogP contribution in [-0.4, -0.2) is 19.6 Å². The van der Waals surface area contributed by atoms with E-state index in [1.54, 1.807) is 6.07 Å². The molecule has 6 nitrogen and oxygen atoms in total. The van der Waals surface area contributed by atoms with Gasteiger partial charge in [0, 0.05) is 22.1 Å². The molecule has 42 heavy (non-hydrogen) atoms. The van der Waals surface area contributed by atoms with Crippen LogP contribution < -0.4 is 9.05 Å². The lowest BCUT2D eigenvalue weighted by atomic mass is 9.61. The van der Waals surface area contributed by atoms with Crippen LogP contribution >= 0.6 is 17.2 Å². The summed E-state index contributed by atoms with van der Waals surface area (Å²) in [5.41, 5.74) is 2.36. The zero-order valence-electron chi connectivity index (χ0n) is 26.3. The lowest BCUT2D eigenvalue weighted by molar-refractivity contribution is 0.351. The van der Waals surface area contributed by atoms with Gasteiger partial charge in [-0.1, -0.05) is 135 Å². The summed E-state index contributed by atoms with van der Waals surface area (Å²) in [4.78, 5) is 41.1. The second kappa shape index (κ2) is 14.2. The summed E-state index contributed by atoms with van der Waals surface area (Å²) < 4.78 is 11.9. The molecule has 3 rings (SSSR count). The van der Waals surface area contributed by atoms with Gasteiger partial charge in [0.2, 0.25) is 0 Å². The van der Waals surface area contributed by atoms with E-state index in [1.807, 2.05) is 57.2 Å². The van der Waals surface area contributed by atoms with Crippen molar-refractivity contribution in [2.45, 2.75) is 97.3 Å². The summed E-state index contributed by atoms with van der Waals surface area (Å²) in [6, 6.07) is 22.3. The first-order valence-corrected chi connectivity index (χ1v) is 17.0. The number of rotatable bonds is 12. The van der Waals surface area contributed by atoms with E-state index in [0.29, 0.717) is 29.4 Å². The van der Waals surface area contributed by atoms with Crippen molar-refractivity contribution in [3.8, 4) is 11.5 Å². The van der Waals surface area contributed by atoms with Crippen LogP contribution in [0, 0.1) is 5.92 Å². The average Bonchev–Trinajstić information content (AvgIpc) is 2.88. The molecule has 0 aliphatic heterocycles. The Morgan fingerprint density at radius 1 is 0.667 bits per heavy atom. The van der Waals surface area contributed by atoms with Gasteiger partial charge in [0.25, 0.3) is 0 Å². The number of hydrogen-bond donors (Lipinski definition) is 4. The highest BCUT2D eigenvalue weighted by Crippen LogP contribution is 2.57. The fraction of sp³-hybridized carbons (Fsp3) is 0.471. The van der Waals surface area contributed by atoms with Gasteiger partial charge in [-0.3, -0.25) is 0 Å². The van der Waals surface area contributed by atoms with Gasteiger partial charge in [-0.15, -0.1) is 0 Å². The summed E-state index contributed by atoms with van der Waals surface area (Å²) in [6.45, 7) is 16.7. The Morgan fingerprint density at radius 3 is 1.57 bits per heavy atom. The summed E-state index contributed by atoms with van der Waals surface area (Å²) in [7, 11) is -5.50. The summed E-state index contributed by atoms with van der Waals surface area (Å²) in [6.07, 6.45) is 3.72. The van der Waals surface area contributed by atoms with Crippen LogP contribution in [0.3, 0.4) is 0 Å². The quantitative estimate of drug-likeness (QED) is 0.0923. The second-order valence-corrected chi connectivity index (χ2v) is 14.8. The Labute approximate surface area is 254 Å². The molecule has 0 atom stereocenters. The molecule has 0 aliphatic rings. The topological polar surface area (TPSA) is 99.4 Å². The predicted molar refractivity (Wildman–Crippen MR) is 174 cm³/mol. The van der Waals surface area contributed by atoms with E-state index < -0.39 is 33.4 Å². The maximum atomic E-state index is 10.4. The van der Waals surface area contributed by atoms with Crippen LogP contribution in [-0.2, 0) is 16.2 Å². The molecule has 0 radical (unpaired) electrons. The van der Waals surface area contributed by atoms with Gasteiger partial charge >= 0.3 is 17.2 Å². The minimum Gasteiger partial charge on any atom is -0.427 e. The summed E-state index contributed by atoms with van der Waals surface area (Å²) in [5.74, 6) is 1.32. The highest BCUT2D eigenvalue weighted by atomic mass is 31.2. The van der Waals surface area contributed by atoms with Crippen LogP contribution in [0.2, 0.25) is 0 Å². The normalized spacial score (nSPS) is 12.8. The standard InChI is InChI=1S/C34H48O6P2/c1-24(2)17-15-16-22-34(25-18-11-9-12-19-25,26-20-13-10-14-21-26)30-29(33(6,7)8)28(39-41(35)36)23-27(32(3,4)5)31(30)40-42(37)38/h9-14,18-21,23-24,35-38H,15-17,22H2,1-8H3. The Balaban J connectivity index is 2.66. The smallest absolute Gasteiger partial charge is 0.391 e. The number of hydrogen-bond acceptors (Lipinski definition) is 6. The van der Waals surface area contributed by atoms with Crippen molar-refractivity contribution in [1.29, 1.82) is 0 Å². The molecule has 0 heterocycles. The second-order valence-electron chi connectivity index (χ2n) is 13.5. The van der Waals surface area contributed by atoms with Crippen LogP contribution in [0.1, 0.15) is 109 Å². The zero-order valence-corrected chi connectivity index (χ0v) is 28.0. The average molecular weight is 615 g/mol. The SMILES string of the molecule is CC(C)CCCCC(c1ccccc1)(c1ccccc1)c1c(OP(O)O)c(C(C)(C)C)cc(OP(O)O)c1C(C)(C)C. The van der Waals surface area contributed by atoms with Gasteiger partial charge in [-0.25, -0.2) is 0 Å². The molecule has 0 saturated heterocycles. The van der Waals surface area contributed by atoms with E-state index in [2.05, 4.69) is 58.9 Å². The molecule has 0 saturated carbocycles. The highest BCUT2D eigenvalue weighted by molar-refractivity contribution is 7.40. The molecule has 3 aromatic rings. The third kappa shape index (κ3) is 8.11.